The van der Waals surface area contributed by atoms with Crippen molar-refractivity contribution in [3.63, 3.8) is 0 Å². The highest BCUT2D eigenvalue weighted by molar-refractivity contribution is 5.78. The Morgan fingerprint density at radius 2 is 2.11 bits per heavy atom. The molecular formula is C13H20N2O3. The van der Waals surface area contributed by atoms with Gasteiger partial charge in [-0.15, -0.1) is 0 Å². The van der Waals surface area contributed by atoms with Crippen molar-refractivity contribution in [2.75, 3.05) is 33.4 Å². The maximum Gasteiger partial charge on any atom is 0.234 e. The van der Waals surface area contributed by atoms with Crippen LogP contribution in [0.5, 0.6) is 0 Å². The lowest BCUT2D eigenvalue weighted by atomic mass is 10.1. The summed E-state index contributed by atoms with van der Waals surface area (Å²) in [6, 6.07) is 9.04. The Morgan fingerprint density at radius 3 is 2.72 bits per heavy atom. The molecule has 0 saturated heterocycles. The number of aliphatic hydroxyl groups is 1. The SMILES string of the molecule is COCCNCC(=O)N[C@H](CO)c1ccccc1. The molecule has 1 rings (SSSR count). The second-order valence-electron chi connectivity index (χ2n) is 3.88. The van der Waals surface area contributed by atoms with Crippen molar-refractivity contribution in [2.45, 2.75) is 6.04 Å². The topological polar surface area (TPSA) is 70.6 Å². The van der Waals surface area contributed by atoms with Crippen molar-refractivity contribution >= 4 is 5.91 Å². The lowest BCUT2D eigenvalue weighted by Crippen LogP contribution is -2.38. The van der Waals surface area contributed by atoms with Gasteiger partial charge in [0.05, 0.1) is 25.8 Å². The summed E-state index contributed by atoms with van der Waals surface area (Å²) in [5.74, 6) is -0.144. The number of aliphatic hydroxyl groups excluding tert-OH is 1. The number of hydrogen-bond donors (Lipinski definition) is 3. The van der Waals surface area contributed by atoms with E-state index in [1.54, 1.807) is 7.11 Å². The molecule has 1 aromatic rings. The molecule has 0 heterocycles. The highest BCUT2D eigenvalue weighted by Crippen LogP contribution is 2.10. The highest BCUT2D eigenvalue weighted by Gasteiger charge is 2.12. The van der Waals surface area contributed by atoms with Crippen LogP contribution < -0.4 is 10.6 Å². The predicted octanol–water partition coefficient (Wildman–Crippen LogP) is 0.0722. The van der Waals surface area contributed by atoms with Crippen LogP contribution in [0, 0.1) is 0 Å². The van der Waals surface area contributed by atoms with Crippen LogP contribution in [0.4, 0.5) is 0 Å². The van der Waals surface area contributed by atoms with E-state index in [0.717, 1.165) is 5.56 Å². The summed E-state index contributed by atoms with van der Waals surface area (Å²) in [5.41, 5.74) is 0.894. The molecule has 0 fully saturated rings. The smallest absolute Gasteiger partial charge is 0.234 e. The molecule has 0 unspecified atom stereocenters. The molecule has 1 amide bonds. The van der Waals surface area contributed by atoms with Crippen LogP contribution in [-0.4, -0.2) is 44.4 Å². The third-order valence-electron chi connectivity index (χ3n) is 2.49. The fourth-order valence-electron chi connectivity index (χ4n) is 1.54. The third kappa shape index (κ3) is 5.27. The number of rotatable bonds is 8. The Kier molecular flexibility index (Phi) is 7.01. The highest BCUT2D eigenvalue weighted by atomic mass is 16.5. The van der Waals surface area contributed by atoms with E-state index in [1.807, 2.05) is 30.3 Å². The van der Waals surface area contributed by atoms with Crippen LogP contribution in [0.3, 0.4) is 0 Å². The second-order valence-corrected chi connectivity index (χ2v) is 3.88. The molecule has 1 atom stereocenters. The minimum Gasteiger partial charge on any atom is -0.394 e. The van der Waals surface area contributed by atoms with E-state index >= 15 is 0 Å². The average molecular weight is 252 g/mol. The molecule has 0 radical (unpaired) electrons. The molecule has 0 aliphatic heterocycles. The fourth-order valence-corrected chi connectivity index (χ4v) is 1.54. The van der Waals surface area contributed by atoms with Gasteiger partial charge in [-0.1, -0.05) is 30.3 Å². The van der Waals surface area contributed by atoms with E-state index in [4.69, 9.17) is 4.74 Å². The van der Waals surface area contributed by atoms with Gasteiger partial charge in [-0.05, 0) is 5.56 Å². The van der Waals surface area contributed by atoms with Crippen molar-refractivity contribution in [2.24, 2.45) is 0 Å². The summed E-state index contributed by atoms with van der Waals surface area (Å²) >= 11 is 0. The van der Waals surface area contributed by atoms with Crippen molar-refractivity contribution in [1.82, 2.24) is 10.6 Å². The number of carbonyl (C=O) groups excluding carboxylic acids is 1. The third-order valence-corrected chi connectivity index (χ3v) is 2.49. The molecule has 0 bridgehead atoms. The first-order valence-electron chi connectivity index (χ1n) is 5.92. The molecule has 3 N–H and O–H groups in total. The van der Waals surface area contributed by atoms with Gasteiger partial charge >= 0.3 is 0 Å². The van der Waals surface area contributed by atoms with Gasteiger partial charge in [-0.2, -0.15) is 0 Å². The van der Waals surface area contributed by atoms with Gasteiger partial charge < -0.3 is 20.5 Å². The molecule has 0 aromatic heterocycles. The molecular weight excluding hydrogens is 232 g/mol. The predicted molar refractivity (Wildman–Crippen MR) is 69.2 cm³/mol. The number of benzene rings is 1. The van der Waals surface area contributed by atoms with Crippen LogP contribution in [0.25, 0.3) is 0 Å². The van der Waals surface area contributed by atoms with Crippen LogP contribution in [-0.2, 0) is 9.53 Å². The Balaban J connectivity index is 2.37. The van der Waals surface area contributed by atoms with Gasteiger partial charge in [-0.3, -0.25) is 4.79 Å². The normalized spacial score (nSPS) is 12.1. The number of ether oxygens (including phenoxy) is 1. The summed E-state index contributed by atoms with van der Waals surface area (Å²) in [5, 5.41) is 15.0. The molecule has 5 heteroatoms. The first kappa shape index (κ1) is 14.6. The second kappa shape index (κ2) is 8.63. The van der Waals surface area contributed by atoms with Gasteiger partial charge in [-0.25, -0.2) is 0 Å². The van der Waals surface area contributed by atoms with E-state index < -0.39 is 0 Å². The molecule has 0 aliphatic carbocycles. The molecule has 100 valence electrons. The minimum absolute atomic E-state index is 0.117. The zero-order valence-corrected chi connectivity index (χ0v) is 10.6. The molecule has 0 spiro atoms. The number of methoxy groups -OCH3 is 1. The van der Waals surface area contributed by atoms with E-state index in [2.05, 4.69) is 10.6 Å². The lowest BCUT2D eigenvalue weighted by molar-refractivity contribution is -0.121. The van der Waals surface area contributed by atoms with Crippen LogP contribution >= 0.6 is 0 Å². The fraction of sp³-hybridized carbons (Fsp3) is 0.462. The molecule has 0 saturated carbocycles. The lowest BCUT2D eigenvalue weighted by Gasteiger charge is -2.16. The zero-order chi connectivity index (χ0) is 13.2. The Morgan fingerprint density at radius 1 is 1.39 bits per heavy atom. The Hall–Kier alpha value is -1.43. The van der Waals surface area contributed by atoms with E-state index in [-0.39, 0.29) is 25.1 Å². The van der Waals surface area contributed by atoms with E-state index in [1.165, 1.54) is 0 Å². The molecule has 5 nitrogen and oxygen atoms in total. The summed E-state index contributed by atoms with van der Waals surface area (Å²) in [6.07, 6.45) is 0. The maximum atomic E-state index is 11.6. The first-order valence-corrected chi connectivity index (χ1v) is 5.92. The molecule has 0 aliphatic rings. The molecule has 18 heavy (non-hydrogen) atoms. The summed E-state index contributed by atoms with van der Waals surface area (Å²) in [4.78, 5) is 11.6. The van der Waals surface area contributed by atoms with Gasteiger partial charge in [0.25, 0.3) is 0 Å². The largest absolute Gasteiger partial charge is 0.394 e. The summed E-state index contributed by atoms with van der Waals surface area (Å²) in [6.45, 7) is 1.29. The van der Waals surface area contributed by atoms with Gasteiger partial charge in [0, 0.05) is 13.7 Å². The number of nitrogens with one attached hydrogen (secondary N) is 2. The number of carbonyl (C=O) groups is 1. The number of amides is 1. The minimum atomic E-state index is -0.358. The average Bonchev–Trinajstić information content (AvgIpc) is 2.42. The van der Waals surface area contributed by atoms with Crippen LogP contribution in [0.2, 0.25) is 0 Å². The molecule has 1 aromatic carbocycles. The van der Waals surface area contributed by atoms with Crippen molar-refractivity contribution in [3.05, 3.63) is 35.9 Å². The van der Waals surface area contributed by atoms with Crippen molar-refractivity contribution < 1.29 is 14.6 Å². The Bertz CT molecular complexity index is 343. The summed E-state index contributed by atoms with van der Waals surface area (Å²) < 4.78 is 4.86. The zero-order valence-electron chi connectivity index (χ0n) is 10.6. The van der Waals surface area contributed by atoms with Crippen LogP contribution in [0.15, 0.2) is 30.3 Å². The number of hydrogen-bond acceptors (Lipinski definition) is 4. The Labute approximate surface area is 107 Å². The first-order chi connectivity index (χ1) is 8.77. The van der Waals surface area contributed by atoms with Crippen molar-refractivity contribution in [3.8, 4) is 0 Å². The monoisotopic (exact) mass is 252 g/mol. The van der Waals surface area contributed by atoms with Crippen LogP contribution in [0.1, 0.15) is 11.6 Å². The summed E-state index contributed by atoms with van der Waals surface area (Å²) in [7, 11) is 1.61. The van der Waals surface area contributed by atoms with Gasteiger partial charge in [0.15, 0.2) is 0 Å². The standard InChI is InChI=1S/C13H20N2O3/c1-18-8-7-14-9-13(17)15-12(10-16)11-5-3-2-4-6-11/h2-6,12,14,16H,7-10H2,1H3,(H,15,17)/t12-/m1/s1. The maximum absolute atomic E-state index is 11.6. The van der Waals surface area contributed by atoms with E-state index in [9.17, 15) is 9.90 Å². The van der Waals surface area contributed by atoms with Crippen molar-refractivity contribution in [1.29, 1.82) is 0 Å². The van der Waals surface area contributed by atoms with Gasteiger partial charge in [0.2, 0.25) is 5.91 Å². The van der Waals surface area contributed by atoms with E-state index in [0.29, 0.717) is 13.2 Å². The quantitative estimate of drug-likeness (QED) is 0.573. The van der Waals surface area contributed by atoms with Gasteiger partial charge in [0.1, 0.15) is 0 Å².